The molecule has 0 spiro atoms. The van der Waals surface area contributed by atoms with Crippen molar-refractivity contribution in [3.05, 3.63) is 25.3 Å². The van der Waals surface area contributed by atoms with Crippen LogP contribution in [0.3, 0.4) is 0 Å². The van der Waals surface area contributed by atoms with E-state index in [-0.39, 0.29) is 6.67 Å². The van der Waals surface area contributed by atoms with Crippen LogP contribution < -0.4 is 5.11 Å². The minimum atomic E-state index is -0.504. The van der Waals surface area contributed by atoms with Crippen molar-refractivity contribution >= 4 is 12.1 Å². The topological polar surface area (TPSA) is 59.0 Å². The molecule has 0 atom stereocenters. The summed E-state index contributed by atoms with van der Waals surface area (Å²) in [5.41, 5.74) is 0. The van der Waals surface area contributed by atoms with Gasteiger partial charge in [0.25, 0.3) is 0 Å². The van der Waals surface area contributed by atoms with Gasteiger partial charge in [0.05, 0.1) is 12.7 Å². The predicted octanol–water partition coefficient (Wildman–Crippen LogP) is -0.230. The Labute approximate surface area is 82.6 Å². The second kappa shape index (κ2) is 4.45. The molecule has 0 aromatic rings. The minimum Gasteiger partial charge on any atom is -0.846 e. The number of carbonyl (C=O) groups excluding carboxylic acids is 1. The fraction of sp³-hybridized carbons (Fsp3) is 0.333. The maximum absolute atomic E-state index is 11.2. The highest BCUT2D eigenvalue weighted by Gasteiger charge is 2.19. The summed E-state index contributed by atoms with van der Waals surface area (Å²) in [5.74, 6) is 0. The fourth-order valence-corrected chi connectivity index (χ4v) is 1.13. The average molecular weight is 194 g/mol. The number of nitrogens with zero attached hydrogens (tertiary/aromatic N) is 3. The van der Waals surface area contributed by atoms with Gasteiger partial charge in [-0.15, -0.1) is 13.2 Å². The molecule has 0 radical (unpaired) electrons. The van der Waals surface area contributed by atoms with Crippen LogP contribution in [0, 0.1) is 0 Å². The van der Waals surface area contributed by atoms with E-state index in [2.05, 4.69) is 18.2 Å². The van der Waals surface area contributed by atoms with E-state index in [9.17, 15) is 9.90 Å². The van der Waals surface area contributed by atoms with Gasteiger partial charge in [-0.3, -0.25) is 0 Å². The molecular formula is C9H12N3O2-. The Balaban J connectivity index is 2.74. The molecular weight excluding hydrogens is 182 g/mol. The molecule has 76 valence electrons. The second-order valence-electron chi connectivity index (χ2n) is 2.84. The van der Waals surface area contributed by atoms with Crippen LogP contribution in [-0.2, 0) is 0 Å². The number of amides is 2. The van der Waals surface area contributed by atoms with Crippen molar-refractivity contribution in [1.82, 2.24) is 9.80 Å². The summed E-state index contributed by atoms with van der Waals surface area (Å²) < 4.78 is 0. The molecule has 0 fully saturated rings. The molecule has 14 heavy (non-hydrogen) atoms. The Morgan fingerprint density at radius 1 is 1.36 bits per heavy atom. The number of aliphatic imine (C=N–C) groups is 1. The van der Waals surface area contributed by atoms with Crippen LogP contribution >= 0.6 is 0 Å². The van der Waals surface area contributed by atoms with E-state index in [1.54, 1.807) is 12.2 Å². The van der Waals surface area contributed by atoms with Crippen molar-refractivity contribution in [1.29, 1.82) is 0 Å². The highest BCUT2D eigenvalue weighted by molar-refractivity contribution is 5.89. The molecule has 0 N–H and O–H groups in total. The Morgan fingerprint density at radius 2 is 1.93 bits per heavy atom. The number of hydrogen-bond donors (Lipinski definition) is 0. The first-order valence-corrected chi connectivity index (χ1v) is 4.20. The molecule has 2 amide bonds. The fourth-order valence-electron chi connectivity index (χ4n) is 1.13. The van der Waals surface area contributed by atoms with E-state index >= 15 is 0 Å². The lowest BCUT2D eigenvalue weighted by atomic mass is 10.4. The third kappa shape index (κ3) is 2.12. The van der Waals surface area contributed by atoms with Crippen molar-refractivity contribution in [3.8, 4) is 0 Å². The van der Waals surface area contributed by atoms with Gasteiger partial charge < -0.3 is 14.9 Å². The van der Waals surface area contributed by atoms with Crippen LogP contribution in [0.15, 0.2) is 30.3 Å². The van der Waals surface area contributed by atoms with Gasteiger partial charge in [0.1, 0.15) is 0 Å². The van der Waals surface area contributed by atoms with Gasteiger partial charge >= 0.3 is 6.03 Å². The van der Waals surface area contributed by atoms with Crippen LogP contribution in [0.5, 0.6) is 0 Å². The molecule has 0 aromatic heterocycles. The van der Waals surface area contributed by atoms with E-state index < -0.39 is 12.1 Å². The molecule has 5 heteroatoms. The highest BCUT2D eigenvalue weighted by atomic mass is 16.3. The Hall–Kier alpha value is -1.78. The number of urea groups is 1. The van der Waals surface area contributed by atoms with Crippen LogP contribution in [0.1, 0.15) is 0 Å². The SMILES string of the molecule is C=CCN1CN(CC=C)C([O-])=NC1=O. The van der Waals surface area contributed by atoms with E-state index in [0.29, 0.717) is 13.1 Å². The molecule has 0 aliphatic carbocycles. The average Bonchev–Trinajstić information content (AvgIpc) is 2.14. The first-order chi connectivity index (χ1) is 6.69. The Bertz CT molecular complexity index is 286. The van der Waals surface area contributed by atoms with Gasteiger partial charge in [0, 0.05) is 13.1 Å². The van der Waals surface area contributed by atoms with E-state index in [0.717, 1.165) is 0 Å². The maximum atomic E-state index is 11.2. The summed E-state index contributed by atoms with van der Waals surface area (Å²) >= 11 is 0. The summed E-state index contributed by atoms with van der Waals surface area (Å²) in [6.07, 6.45) is 3.19. The van der Waals surface area contributed by atoms with Crippen molar-refractivity contribution in [2.75, 3.05) is 19.8 Å². The number of carbonyl (C=O) groups is 1. The van der Waals surface area contributed by atoms with Gasteiger partial charge in [0.15, 0.2) is 0 Å². The third-order valence-corrected chi connectivity index (χ3v) is 1.77. The first-order valence-electron chi connectivity index (χ1n) is 4.20. The van der Waals surface area contributed by atoms with Gasteiger partial charge in [-0.2, -0.15) is 4.99 Å². The van der Waals surface area contributed by atoms with Crippen LogP contribution in [0.2, 0.25) is 0 Å². The summed E-state index contributed by atoms with van der Waals surface area (Å²) in [4.78, 5) is 17.4. The number of rotatable bonds is 4. The summed E-state index contributed by atoms with van der Waals surface area (Å²) in [6, 6.07) is -1.01. The largest absolute Gasteiger partial charge is 0.846 e. The standard InChI is InChI=1S/C9H13N3O2/c1-3-5-11-7-12(6-4-2)9(14)10-8(11)13/h3-4H,1-2,5-7H2,(H,10,13,14)/p-1. The summed E-state index contributed by atoms with van der Waals surface area (Å²) in [5, 5.41) is 11.2. The van der Waals surface area contributed by atoms with Crippen LogP contribution in [-0.4, -0.2) is 41.6 Å². The van der Waals surface area contributed by atoms with Crippen molar-refractivity contribution in [2.24, 2.45) is 4.99 Å². The molecule has 1 rings (SSSR count). The molecule has 0 saturated carbocycles. The quantitative estimate of drug-likeness (QED) is 0.581. The lowest BCUT2D eigenvalue weighted by molar-refractivity contribution is -0.237. The zero-order valence-electron chi connectivity index (χ0n) is 7.85. The van der Waals surface area contributed by atoms with Gasteiger partial charge in [-0.05, 0) is 0 Å². The van der Waals surface area contributed by atoms with Crippen LogP contribution in [0.4, 0.5) is 4.79 Å². The van der Waals surface area contributed by atoms with Crippen molar-refractivity contribution in [3.63, 3.8) is 0 Å². The molecule has 1 aliphatic rings. The van der Waals surface area contributed by atoms with Crippen molar-refractivity contribution < 1.29 is 9.90 Å². The minimum absolute atomic E-state index is 0.249. The monoisotopic (exact) mass is 194 g/mol. The Morgan fingerprint density at radius 3 is 2.50 bits per heavy atom. The van der Waals surface area contributed by atoms with Gasteiger partial charge in [-0.25, -0.2) is 4.79 Å². The highest BCUT2D eigenvalue weighted by Crippen LogP contribution is 2.04. The van der Waals surface area contributed by atoms with E-state index in [4.69, 9.17) is 0 Å². The summed E-state index contributed by atoms with van der Waals surface area (Å²) in [6.45, 7) is 8.07. The summed E-state index contributed by atoms with van der Waals surface area (Å²) in [7, 11) is 0. The van der Waals surface area contributed by atoms with Crippen LogP contribution in [0.25, 0.3) is 0 Å². The van der Waals surface area contributed by atoms with Crippen molar-refractivity contribution in [2.45, 2.75) is 0 Å². The zero-order valence-corrected chi connectivity index (χ0v) is 7.85. The third-order valence-electron chi connectivity index (χ3n) is 1.77. The zero-order chi connectivity index (χ0) is 10.6. The lowest BCUT2D eigenvalue weighted by Crippen LogP contribution is -2.52. The van der Waals surface area contributed by atoms with E-state index in [1.165, 1.54) is 9.80 Å². The smallest absolute Gasteiger partial charge is 0.346 e. The van der Waals surface area contributed by atoms with Gasteiger partial charge in [-0.1, -0.05) is 12.2 Å². The second-order valence-corrected chi connectivity index (χ2v) is 2.84. The molecule has 0 bridgehead atoms. The molecule has 0 saturated heterocycles. The number of hydrogen-bond acceptors (Lipinski definition) is 3. The Kier molecular flexibility index (Phi) is 3.28. The molecule has 1 aliphatic heterocycles. The lowest BCUT2D eigenvalue weighted by Gasteiger charge is -2.37. The normalized spacial score (nSPS) is 16.6. The molecule has 5 nitrogen and oxygen atoms in total. The molecule has 0 aromatic carbocycles. The first kappa shape index (κ1) is 10.3. The molecule has 1 heterocycles. The maximum Gasteiger partial charge on any atom is 0.346 e. The molecule has 0 unspecified atom stereocenters. The number of amidine groups is 1. The predicted molar refractivity (Wildman–Crippen MR) is 51.5 cm³/mol. The van der Waals surface area contributed by atoms with Gasteiger partial charge in [0.2, 0.25) is 0 Å². The van der Waals surface area contributed by atoms with E-state index in [1.807, 2.05) is 0 Å².